The molecule has 2 aromatic rings. The van der Waals surface area contributed by atoms with E-state index in [0.717, 1.165) is 17.9 Å². The van der Waals surface area contributed by atoms with Crippen molar-refractivity contribution in [2.75, 3.05) is 11.9 Å². The van der Waals surface area contributed by atoms with Crippen molar-refractivity contribution in [3.05, 3.63) is 39.6 Å². The van der Waals surface area contributed by atoms with E-state index in [4.69, 9.17) is 27.9 Å². The van der Waals surface area contributed by atoms with Gasteiger partial charge in [-0.2, -0.15) is 4.98 Å². The van der Waals surface area contributed by atoms with E-state index >= 15 is 0 Å². The Bertz CT molecular complexity index is 632. The van der Waals surface area contributed by atoms with Gasteiger partial charge in [-0.15, -0.1) is 0 Å². The molecule has 4 nitrogen and oxygen atoms in total. The molecule has 0 aliphatic carbocycles. The SMILES string of the molecule is CCNc1nc(C)nc(Oc2ccc(Cl)c(Cl)c2)c1C. The number of nitrogens with zero attached hydrogens (tertiary/aromatic N) is 2. The summed E-state index contributed by atoms with van der Waals surface area (Å²) in [5.41, 5.74) is 0.850. The monoisotopic (exact) mass is 311 g/mol. The van der Waals surface area contributed by atoms with Crippen LogP contribution in [0.2, 0.25) is 10.0 Å². The van der Waals surface area contributed by atoms with Crippen LogP contribution in [0.25, 0.3) is 0 Å². The average Bonchev–Trinajstić information content (AvgIpc) is 2.39. The van der Waals surface area contributed by atoms with E-state index in [1.54, 1.807) is 18.2 Å². The third-order valence-electron chi connectivity index (χ3n) is 2.66. The van der Waals surface area contributed by atoms with Crippen LogP contribution in [0.5, 0.6) is 11.6 Å². The van der Waals surface area contributed by atoms with Crippen LogP contribution in [0, 0.1) is 13.8 Å². The number of rotatable bonds is 4. The lowest BCUT2D eigenvalue weighted by atomic mass is 10.3. The van der Waals surface area contributed by atoms with Gasteiger partial charge in [0.05, 0.1) is 15.6 Å². The number of nitrogens with one attached hydrogen (secondary N) is 1. The van der Waals surface area contributed by atoms with Gasteiger partial charge in [0.2, 0.25) is 5.88 Å². The van der Waals surface area contributed by atoms with Gasteiger partial charge < -0.3 is 10.1 Å². The Morgan fingerprint density at radius 1 is 1.15 bits per heavy atom. The van der Waals surface area contributed by atoms with E-state index in [-0.39, 0.29) is 0 Å². The molecule has 106 valence electrons. The first-order chi connectivity index (χ1) is 9.51. The summed E-state index contributed by atoms with van der Waals surface area (Å²) in [5, 5.41) is 4.12. The minimum absolute atomic E-state index is 0.444. The van der Waals surface area contributed by atoms with Crippen LogP contribution in [0.1, 0.15) is 18.3 Å². The topological polar surface area (TPSA) is 47.0 Å². The van der Waals surface area contributed by atoms with Gasteiger partial charge in [0, 0.05) is 12.6 Å². The number of anilines is 1. The molecule has 0 radical (unpaired) electrons. The summed E-state index contributed by atoms with van der Waals surface area (Å²) in [5.74, 6) is 2.51. The number of hydrogen-bond acceptors (Lipinski definition) is 4. The van der Waals surface area contributed by atoms with E-state index in [9.17, 15) is 0 Å². The molecule has 0 spiro atoms. The molecule has 0 saturated carbocycles. The van der Waals surface area contributed by atoms with E-state index in [1.165, 1.54) is 0 Å². The van der Waals surface area contributed by atoms with Crippen molar-refractivity contribution < 1.29 is 4.74 Å². The Morgan fingerprint density at radius 3 is 2.55 bits per heavy atom. The predicted molar refractivity (Wildman–Crippen MR) is 82.2 cm³/mol. The van der Waals surface area contributed by atoms with Crippen LogP contribution in [0.15, 0.2) is 18.2 Å². The minimum Gasteiger partial charge on any atom is -0.438 e. The summed E-state index contributed by atoms with van der Waals surface area (Å²) >= 11 is 11.9. The molecule has 0 atom stereocenters. The van der Waals surface area contributed by atoms with Gasteiger partial charge in [-0.1, -0.05) is 23.2 Å². The van der Waals surface area contributed by atoms with E-state index in [2.05, 4.69) is 15.3 Å². The largest absolute Gasteiger partial charge is 0.438 e. The zero-order valence-corrected chi connectivity index (χ0v) is 13.0. The molecule has 1 heterocycles. The lowest BCUT2D eigenvalue weighted by Crippen LogP contribution is -2.06. The lowest BCUT2D eigenvalue weighted by molar-refractivity contribution is 0.456. The van der Waals surface area contributed by atoms with E-state index in [1.807, 2.05) is 20.8 Å². The highest BCUT2D eigenvalue weighted by Gasteiger charge is 2.11. The highest BCUT2D eigenvalue weighted by molar-refractivity contribution is 6.42. The Balaban J connectivity index is 2.35. The summed E-state index contributed by atoms with van der Waals surface area (Å²) in [6, 6.07) is 5.10. The minimum atomic E-state index is 0.444. The van der Waals surface area contributed by atoms with Crippen molar-refractivity contribution in [2.45, 2.75) is 20.8 Å². The summed E-state index contributed by atoms with van der Waals surface area (Å²) in [7, 11) is 0. The smallest absolute Gasteiger partial charge is 0.227 e. The predicted octanol–water partition coefficient (Wildman–Crippen LogP) is 4.62. The maximum absolute atomic E-state index is 5.98. The Labute approximate surface area is 128 Å². The second-order valence-electron chi connectivity index (χ2n) is 4.26. The first-order valence-electron chi connectivity index (χ1n) is 6.23. The molecular weight excluding hydrogens is 297 g/mol. The molecule has 0 aliphatic rings. The molecule has 20 heavy (non-hydrogen) atoms. The molecule has 0 amide bonds. The van der Waals surface area contributed by atoms with Crippen molar-refractivity contribution in [1.82, 2.24) is 9.97 Å². The average molecular weight is 312 g/mol. The van der Waals surface area contributed by atoms with Gasteiger partial charge in [-0.05, 0) is 32.9 Å². The van der Waals surface area contributed by atoms with Gasteiger partial charge >= 0.3 is 0 Å². The molecule has 0 unspecified atom stereocenters. The zero-order chi connectivity index (χ0) is 14.7. The molecular formula is C14H15Cl2N3O. The number of aryl methyl sites for hydroxylation is 1. The molecule has 1 N–H and O–H groups in total. The molecule has 1 aromatic heterocycles. The lowest BCUT2D eigenvalue weighted by Gasteiger charge is -2.12. The first kappa shape index (κ1) is 14.9. The molecule has 0 bridgehead atoms. The second-order valence-corrected chi connectivity index (χ2v) is 5.07. The quantitative estimate of drug-likeness (QED) is 0.894. The van der Waals surface area contributed by atoms with Crippen LogP contribution < -0.4 is 10.1 Å². The van der Waals surface area contributed by atoms with Crippen LogP contribution in [0.3, 0.4) is 0 Å². The summed E-state index contributed by atoms with van der Waals surface area (Å²) in [6.45, 7) is 6.52. The molecule has 1 aromatic carbocycles. The molecule has 6 heteroatoms. The number of hydrogen-bond donors (Lipinski definition) is 1. The van der Waals surface area contributed by atoms with Gasteiger partial charge in [-0.25, -0.2) is 4.98 Å². The first-order valence-corrected chi connectivity index (χ1v) is 6.99. The number of benzene rings is 1. The Kier molecular flexibility index (Phi) is 4.68. The number of aromatic nitrogens is 2. The molecule has 0 aliphatic heterocycles. The number of ether oxygens (including phenoxy) is 1. The molecule has 0 fully saturated rings. The van der Waals surface area contributed by atoms with Crippen LogP contribution in [-0.4, -0.2) is 16.5 Å². The van der Waals surface area contributed by atoms with Crippen molar-refractivity contribution in [3.63, 3.8) is 0 Å². The standard InChI is InChI=1S/C14H15Cl2N3O/c1-4-17-13-8(2)14(19-9(3)18-13)20-10-5-6-11(15)12(16)7-10/h5-7H,4H2,1-3H3,(H,17,18,19). The number of halogens is 2. The fraction of sp³-hybridized carbons (Fsp3) is 0.286. The van der Waals surface area contributed by atoms with Crippen molar-refractivity contribution in [1.29, 1.82) is 0 Å². The molecule has 0 saturated heterocycles. The van der Waals surface area contributed by atoms with E-state index < -0.39 is 0 Å². The third kappa shape index (κ3) is 3.32. The van der Waals surface area contributed by atoms with E-state index in [0.29, 0.717) is 27.5 Å². The fourth-order valence-corrected chi connectivity index (χ4v) is 1.98. The van der Waals surface area contributed by atoms with Crippen molar-refractivity contribution in [3.8, 4) is 11.6 Å². The van der Waals surface area contributed by atoms with Gasteiger partial charge in [-0.3, -0.25) is 0 Å². The maximum atomic E-state index is 5.98. The Morgan fingerprint density at radius 2 is 1.90 bits per heavy atom. The van der Waals surface area contributed by atoms with Crippen LogP contribution in [0.4, 0.5) is 5.82 Å². The summed E-state index contributed by atoms with van der Waals surface area (Å²) in [6.07, 6.45) is 0. The van der Waals surface area contributed by atoms with Crippen LogP contribution in [-0.2, 0) is 0 Å². The van der Waals surface area contributed by atoms with Crippen molar-refractivity contribution >= 4 is 29.0 Å². The highest BCUT2D eigenvalue weighted by atomic mass is 35.5. The zero-order valence-electron chi connectivity index (χ0n) is 11.5. The summed E-state index contributed by atoms with van der Waals surface area (Å²) in [4.78, 5) is 8.66. The highest BCUT2D eigenvalue weighted by Crippen LogP contribution is 2.31. The maximum Gasteiger partial charge on any atom is 0.227 e. The fourth-order valence-electron chi connectivity index (χ4n) is 1.69. The van der Waals surface area contributed by atoms with Gasteiger partial charge in [0.15, 0.2) is 0 Å². The molecule has 2 rings (SSSR count). The van der Waals surface area contributed by atoms with Gasteiger partial charge in [0.25, 0.3) is 0 Å². The van der Waals surface area contributed by atoms with Crippen LogP contribution >= 0.6 is 23.2 Å². The normalized spacial score (nSPS) is 10.4. The summed E-state index contributed by atoms with van der Waals surface area (Å²) < 4.78 is 5.78. The van der Waals surface area contributed by atoms with Gasteiger partial charge in [0.1, 0.15) is 17.4 Å². The third-order valence-corrected chi connectivity index (χ3v) is 3.40. The Hall–Kier alpha value is -1.52. The second kappa shape index (κ2) is 6.29. The van der Waals surface area contributed by atoms with Crippen molar-refractivity contribution in [2.24, 2.45) is 0 Å².